The molecule has 0 fully saturated rings. The third kappa shape index (κ3) is 1.69. The van der Waals surface area contributed by atoms with Gasteiger partial charge in [-0.2, -0.15) is 0 Å². The van der Waals surface area contributed by atoms with Crippen LogP contribution in [0.3, 0.4) is 0 Å². The van der Waals surface area contributed by atoms with E-state index < -0.39 is 0 Å². The summed E-state index contributed by atoms with van der Waals surface area (Å²) in [7, 11) is 0. The number of allylic oxidation sites excluding steroid dienone is 1. The highest BCUT2D eigenvalue weighted by molar-refractivity contribution is 5.78. The summed E-state index contributed by atoms with van der Waals surface area (Å²) in [4.78, 5) is 10.9. The summed E-state index contributed by atoms with van der Waals surface area (Å²) in [6.07, 6.45) is 5.86. The van der Waals surface area contributed by atoms with Crippen molar-refractivity contribution < 1.29 is 4.79 Å². The summed E-state index contributed by atoms with van der Waals surface area (Å²) in [5, 5.41) is 0. The lowest BCUT2D eigenvalue weighted by atomic mass is 10.0. The van der Waals surface area contributed by atoms with Crippen molar-refractivity contribution in [1.82, 2.24) is 0 Å². The van der Waals surface area contributed by atoms with Crippen LogP contribution in [0.4, 0.5) is 0 Å². The maximum absolute atomic E-state index is 10.9. The van der Waals surface area contributed by atoms with Crippen LogP contribution in [0.15, 0.2) is 24.3 Å². The molecule has 0 atom stereocenters. The molecule has 0 saturated carbocycles. The van der Waals surface area contributed by atoms with Crippen LogP contribution in [0.1, 0.15) is 23.6 Å². The summed E-state index contributed by atoms with van der Waals surface area (Å²) in [6, 6.07) is 6.27. The molecule has 0 N–H and O–H groups in total. The number of fused-ring (bicyclic) bond motifs is 1. The fourth-order valence-corrected chi connectivity index (χ4v) is 1.71. The van der Waals surface area contributed by atoms with Crippen LogP contribution in [-0.2, 0) is 17.6 Å². The zero-order chi connectivity index (χ0) is 9.26. The van der Waals surface area contributed by atoms with Crippen molar-refractivity contribution in [1.29, 1.82) is 0 Å². The minimum atomic E-state index is 0.228. The summed E-state index contributed by atoms with van der Waals surface area (Å²) in [5.41, 5.74) is 3.78. The first-order chi connectivity index (χ1) is 6.25. The molecule has 1 nitrogen and oxygen atoms in total. The van der Waals surface area contributed by atoms with Gasteiger partial charge in [-0.3, -0.25) is 4.79 Å². The first-order valence-corrected chi connectivity index (χ1v) is 4.53. The Hall–Kier alpha value is -1.37. The number of rotatable bonds is 2. The van der Waals surface area contributed by atoms with Gasteiger partial charge in [-0.1, -0.05) is 30.4 Å². The quantitative estimate of drug-likeness (QED) is 0.669. The fraction of sp³-hybridized carbons (Fsp3) is 0.250. The van der Waals surface area contributed by atoms with E-state index in [4.69, 9.17) is 0 Å². The van der Waals surface area contributed by atoms with Gasteiger partial charge in [0.25, 0.3) is 0 Å². The van der Waals surface area contributed by atoms with Crippen molar-refractivity contribution in [3.8, 4) is 0 Å². The molecule has 2 rings (SSSR count). The monoisotopic (exact) mass is 172 g/mol. The van der Waals surface area contributed by atoms with Crippen LogP contribution in [0.2, 0.25) is 0 Å². The molecule has 0 radical (unpaired) electrons. The highest BCUT2D eigenvalue weighted by Crippen LogP contribution is 2.20. The Morgan fingerprint density at radius 3 is 3.08 bits per heavy atom. The SMILES string of the molecule is CC(=O)Cc1ccc2c(c1)CC=C2. The van der Waals surface area contributed by atoms with Gasteiger partial charge in [0.15, 0.2) is 0 Å². The van der Waals surface area contributed by atoms with Gasteiger partial charge in [-0.05, 0) is 30.0 Å². The highest BCUT2D eigenvalue weighted by Gasteiger charge is 2.06. The van der Waals surface area contributed by atoms with Gasteiger partial charge in [-0.15, -0.1) is 0 Å². The van der Waals surface area contributed by atoms with Crippen molar-refractivity contribution in [2.24, 2.45) is 0 Å². The number of benzene rings is 1. The molecular formula is C12H12O. The first kappa shape index (κ1) is 8.24. The minimum Gasteiger partial charge on any atom is -0.300 e. The van der Waals surface area contributed by atoms with Crippen molar-refractivity contribution in [3.05, 3.63) is 41.0 Å². The molecule has 0 aliphatic heterocycles. The average molecular weight is 172 g/mol. The maximum atomic E-state index is 10.9. The normalized spacial score (nSPS) is 13.0. The number of hydrogen-bond acceptors (Lipinski definition) is 1. The molecule has 0 heterocycles. The first-order valence-electron chi connectivity index (χ1n) is 4.53. The lowest BCUT2D eigenvalue weighted by Gasteiger charge is -2.02. The third-order valence-corrected chi connectivity index (χ3v) is 2.30. The van der Waals surface area contributed by atoms with Crippen molar-refractivity contribution >= 4 is 11.9 Å². The van der Waals surface area contributed by atoms with E-state index in [1.807, 2.05) is 6.07 Å². The van der Waals surface area contributed by atoms with E-state index in [1.54, 1.807) is 6.92 Å². The number of Topliss-reactive ketones (excluding diaryl/α,β-unsaturated/α-hetero) is 1. The summed E-state index contributed by atoms with van der Waals surface area (Å²) in [5.74, 6) is 0.228. The minimum absolute atomic E-state index is 0.228. The molecule has 0 unspecified atom stereocenters. The molecule has 1 heteroatoms. The Morgan fingerprint density at radius 1 is 1.46 bits per heavy atom. The molecule has 0 spiro atoms. The van der Waals surface area contributed by atoms with Gasteiger partial charge in [0, 0.05) is 6.42 Å². The van der Waals surface area contributed by atoms with E-state index in [0.29, 0.717) is 6.42 Å². The fourth-order valence-electron chi connectivity index (χ4n) is 1.71. The average Bonchev–Trinajstić information content (AvgIpc) is 2.49. The second-order valence-electron chi connectivity index (χ2n) is 3.52. The lowest BCUT2D eigenvalue weighted by molar-refractivity contribution is -0.116. The predicted octanol–water partition coefficient (Wildman–Crippen LogP) is 2.39. The van der Waals surface area contributed by atoms with Crippen molar-refractivity contribution in [2.75, 3.05) is 0 Å². The van der Waals surface area contributed by atoms with Gasteiger partial charge in [0.1, 0.15) is 5.78 Å². The maximum Gasteiger partial charge on any atom is 0.134 e. The number of carbonyl (C=O) groups excluding carboxylic acids is 1. The van der Waals surface area contributed by atoms with Crippen LogP contribution in [0, 0.1) is 0 Å². The van der Waals surface area contributed by atoms with E-state index in [9.17, 15) is 4.79 Å². The van der Waals surface area contributed by atoms with Crippen LogP contribution >= 0.6 is 0 Å². The van der Waals surface area contributed by atoms with Gasteiger partial charge >= 0.3 is 0 Å². The number of hydrogen-bond donors (Lipinski definition) is 0. The second-order valence-corrected chi connectivity index (χ2v) is 3.52. The summed E-state index contributed by atoms with van der Waals surface area (Å²) in [6.45, 7) is 1.63. The molecule has 1 aliphatic rings. The molecule has 0 aromatic heterocycles. The molecule has 1 aromatic carbocycles. The smallest absolute Gasteiger partial charge is 0.134 e. The van der Waals surface area contributed by atoms with Gasteiger partial charge in [-0.25, -0.2) is 0 Å². The Kier molecular flexibility index (Phi) is 2.01. The van der Waals surface area contributed by atoms with E-state index >= 15 is 0 Å². The lowest BCUT2D eigenvalue weighted by Crippen LogP contribution is -1.97. The Bertz CT molecular complexity index is 375. The molecule has 66 valence electrons. The number of ketones is 1. The largest absolute Gasteiger partial charge is 0.300 e. The summed E-state index contributed by atoms with van der Waals surface area (Å²) < 4.78 is 0. The van der Waals surface area contributed by atoms with Gasteiger partial charge < -0.3 is 0 Å². The van der Waals surface area contributed by atoms with E-state index in [2.05, 4.69) is 24.3 Å². The Labute approximate surface area is 78.1 Å². The van der Waals surface area contributed by atoms with Crippen LogP contribution in [0.5, 0.6) is 0 Å². The van der Waals surface area contributed by atoms with E-state index in [1.165, 1.54) is 11.1 Å². The van der Waals surface area contributed by atoms with Gasteiger partial charge in [0.05, 0.1) is 0 Å². The standard InChI is InChI=1S/C12H12O/c1-9(13)7-10-5-6-11-3-2-4-12(11)8-10/h2-3,5-6,8H,4,7H2,1H3. The number of carbonyl (C=O) groups is 1. The molecule has 1 aliphatic carbocycles. The zero-order valence-corrected chi connectivity index (χ0v) is 7.71. The van der Waals surface area contributed by atoms with Crippen LogP contribution in [0.25, 0.3) is 6.08 Å². The molecular weight excluding hydrogens is 160 g/mol. The zero-order valence-electron chi connectivity index (χ0n) is 7.71. The van der Waals surface area contributed by atoms with E-state index in [-0.39, 0.29) is 5.78 Å². The Morgan fingerprint density at radius 2 is 2.31 bits per heavy atom. The van der Waals surface area contributed by atoms with Crippen LogP contribution in [-0.4, -0.2) is 5.78 Å². The van der Waals surface area contributed by atoms with Crippen molar-refractivity contribution in [2.45, 2.75) is 19.8 Å². The predicted molar refractivity (Wildman–Crippen MR) is 53.6 cm³/mol. The van der Waals surface area contributed by atoms with E-state index in [0.717, 1.165) is 12.0 Å². The topological polar surface area (TPSA) is 17.1 Å². The van der Waals surface area contributed by atoms with Gasteiger partial charge in [0.2, 0.25) is 0 Å². The summed E-state index contributed by atoms with van der Waals surface area (Å²) >= 11 is 0. The molecule has 0 saturated heterocycles. The second kappa shape index (κ2) is 3.17. The molecule has 1 aromatic rings. The Balaban J connectivity index is 2.28. The highest BCUT2D eigenvalue weighted by atomic mass is 16.1. The third-order valence-electron chi connectivity index (χ3n) is 2.30. The molecule has 0 amide bonds. The molecule has 13 heavy (non-hydrogen) atoms. The molecule has 0 bridgehead atoms. The van der Waals surface area contributed by atoms with Crippen LogP contribution < -0.4 is 0 Å². The van der Waals surface area contributed by atoms with Crippen molar-refractivity contribution in [3.63, 3.8) is 0 Å².